The highest BCUT2D eigenvalue weighted by molar-refractivity contribution is 7.89. The topological polar surface area (TPSA) is 114 Å². The molecule has 1 saturated heterocycles. The molecule has 1 aliphatic heterocycles. The van der Waals surface area contributed by atoms with Crippen LogP contribution in [0.1, 0.15) is 0 Å². The van der Waals surface area contributed by atoms with Gasteiger partial charge in [0.15, 0.2) is 5.82 Å². The van der Waals surface area contributed by atoms with Crippen molar-refractivity contribution in [1.29, 1.82) is 0 Å². The Morgan fingerprint density at radius 3 is 2.27 bits per heavy atom. The number of nitrogens with zero attached hydrogens (tertiary/aromatic N) is 6. The van der Waals surface area contributed by atoms with Crippen LogP contribution < -0.4 is 0 Å². The minimum Gasteiger partial charge on any atom is -0.282 e. The van der Waals surface area contributed by atoms with Crippen LogP contribution in [0.25, 0.3) is 11.4 Å². The highest BCUT2D eigenvalue weighted by Crippen LogP contribution is 2.20. The summed E-state index contributed by atoms with van der Waals surface area (Å²) in [5.41, 5.74) is 0.708. The van der Waals surface area contributed by atoms with Crippen LogP contribution >= 0.6 is 0 Å². The lowest BCUT2D eigenvalue weighted by atomic mass is 10.2. The Bertz CT molecular complexity index is 1120. The normalized spacial score (nSPS) is 15.9. The van der Waals surface area contributed by atoms with Crippen molar-refractivity contribution in [2.45, 2.75) is 11.6 Å². The van der Waals surface area contributed by atoms with E-state index in [-0.39, 0.29) is 5.69 Å². The van der Waals surface area contributed by atoms with E-state index in [2.05, 4.69) is 15.0 Å². The molecular weight excluding hydrogens is 408 g/mol. The molecule has 2 heterocycles. The van der Waals surface area contributed by atoms with Crippen LogP contribution in [0.2, 0.25) is 0 Å². The Labute approximate surface area is 173 Å². The van der Waals surface area contributed by atoms with Crippen LogP contribution in [0.15, 0.2) is 65.8 Å². The lowest BCUT2D eigenvalue weighted by Gasteiger charge is -2.33. The molecule has 0 spiro atoms. The maximum atomic E-state index is 12.7. The summed E-state index contributed by atoms with van der Waals surface area (Å²) in [6.45, 7) is 2.46. The first kappa shape index (κ1) is 20.1. The van der Waals surface area contributed by atoms with Gasteiger partial charge in [0.1, 0.15) is 6.33 Å². The molecule has 30 heavy (non-hydrogen) atoms. The molecule has 10 nitrogen and oxygen atoms in total. The summed E-state index contributed by atoms with van der Waals surface area (Å²) in [4.78, 5) is 17.0. The zero-order valence-corrected chi connectivity index (χ0v) is 16.9. The third-order valence-electron chi connectivity index (χ3n) is 4.93. The molecule has 0 N–H and O–H groups in total. The average Bonchev–Trinajstić information content (AvgIpc) is 3.23. The van der Waals surface area contributed by atoms with Gasteiger partial charge in [-0.3, -0.25) is 15.0 Å². The third-order valence-corrected chi connectivity index (χ3v) is 6.84. The molecule has 4 rings (SSSR count). The van der Waals surface area contributed by atoms with E-state index in [9.17, 15) is 18.5 Å². The van der Waals surface area contributed by atoms with Crippen molar-refractivity contribution in [3.05, 3.63) is 71.0 Å². The fourth-order valence-electron chi connectivity index (χ4n) is 3.29. The molecular formula is C19H20N6O4S. The molecule has 0 amide bonds. The number of sulfonamides is 1. The van der Waals surface area contributed by atoms with E-state index in [1.165, 1.54) is 16.4 Å². The van der Waals surface area contributed by atoms with Gasteiger partial charge in [0.05, 0.1) is 16.5 Å². The number of piperazine rings is 1. The molecule has 1 aliphatic rings. The second kappa shape index (κ2) is 8.30. The number of nitro groups is 1. The predicted octanol–water partition coefficient (Wildman–Crippen LogP) is 1.82. The van der Waals surface area contributed by atoms with E-state index in [1.807, 2.05) is 0 Å². The molecule has 11 heteroatoms. The molecule has 0 radical (unpaired) electrons. The van der Waals surface area contributed by atoms with Crippen molar-refractivity contribution in [2.24, 2.45) is 0 Å². The van der Waals surface area contributed by atoms with E-state index in [4.69, 9.17) is 0 Å². The maximum absolute atomic E-state index is 12.7. The lowest BCUT2D eigenvalue weighted by molar-refractivity contribution is -0.384. The molecule has 2 aromatic carbocycles. The summed E-state index contributed by atoms with van der Waals surface area (Å²) in [5.74, 6) is 0.482. The maximum Gasteiger partial charge on any atom is 0.269 e. The summed E-state index contributed by atoms with van der Waals surface area (Å²) in [6.07, 6.45) is 1.60. The third kappa shape index (κ3) is 4.22. The van der Waals surface area contributed by atoms with E-state index in [1.54, 1.807) is 53.5 Å². The van der Waals surface area contributed by atoms with Gasteiger partial charge in [-0.15, -0.1) is 5.10 Å². The van der Waals surface area contributed by atoms with Crippen molar-refractivity contribution < 1.29 is 13.3 Å². The van der Waals surface area contributed by atoms with Crippen LogP contribution in [0.4, 0.5) is 5.69 Å². The van der Waals surface area contributed by atoms with Crippen LogP contribution in [-0.2, 0) is 16.7 Å². The van der Waals surface area contributed by atoms with Crippen molar-refractivity contribution in [1.82, 2.24) is 24.0 Å². The Kier molecular flexibility index (Phi) is 5.57. The van der Waals surface area contributed by atoms with Crippen LogP contribution in [0.5, 0.6) is 0 Å². The number of hydrogen-bond acceptors (Lipinski definition) is 7. The van der Waals surface area contributed by atoms with Crippen LogP contribution in [-0.4, -0.2) is 63.5 Å². The van der Waals surface area contributed by atoms with E-state index >= 15 is 0 Å². The first-order valence-electron chi connectivity index (χ1n) is 9.35. The quantitative estimate of drug-likeness (QED) is 0.434. The average molecular weight is 428 g/mol. The Morgan fingerprint density at radius 1 is 0.967 bits per heavy atom. The first-order valence-corrected chi connectivity index (χ1v) is 10.8. The standard InChI is InChI=1S/C19H20N6O4S/c26-25(27)17-8-6-16(7-9-17)19-20-14-23(21-19)15-22-10-12-24(13-11-22)30(28,29)18-4-2-1-3-5-18/h1-9,14H,10-13,15H2. The van der Waals surface area contributed by atoms with Gasteiger partial charge in [-0.05, 0) is 24.3 Å². The van der Waals surface area contributed by atoms with E-state index in [0.717, 1.165) is 0 Å². The lowest BCUT2D eigenvalue weighted by Crippen LogP contribution is -2.48. The number of nitro benzene ring substituents is 1. The van der Waals surface area contributed by atoms with Gasteiger partial charge >= 0.3 is 0 Å². The van der Waals surface area contributed by atoms with Crippen molar-refractivity contribution >= 4 is 15.7 Å². The van der Waals surface area contributed by atoms with E-state index < -0.39 is 14.9 Å². The second-order valence-corrected chi connectivity index (χ2v) is 8.83. The fourth-order valence-corrected chi connectivity index (χ4v) is 4.73. The van der Waals surface area contributed by atoms with Gasteiger partial charge in [-0.2, -0.15) is 4.31 Å². The van der Waals surface area contributed by atoms with Crippen molar-refractivity contribution in [3.63, 3.8) is 0 Å². The van der Waals surface area contributed by atoms with Gasteiger partial charge in [0.2, 0.25) is 10.0 Å². The minimum atomic E-state index is -3.48. The predicted molar refractivity (Wildman–Crippen MR) is 109 cm³/mol. The highest BCUT2D eigenvalue weighted by atomic mass is 32.2. The van der Waals surface area contributed by atoms with Gasteiger partial charge in [0.25, 0.3) is 5.69 Å². The molecule has 1 aromatic heterocycles. The van der Waals surface area contributed by atoms with Crippen LogP contribution in [0, 0.1) is 10.1 Å². The summed E-state index contributed by atoms with van der Waals surface area (Å²) in [6, 6.07) is 14.5. The number of non-ortho nitro benzene ring substituents is 1. The van der Waals surface area contributed by atoms with E-state index in [0.29, 0.717) is 49.1 Å². The number of aromatic nitrogens is 3. The van der Waals surface area contributed by atoms with Gasteiger partial charge in [-0.25, -0.2) is 18.1 Å². The molecule has 0 bridgehead atoms. The Hall–Kier alpha value is -3.15. The minimum absolute atomic E-state index is 0.0153. The summed E-state index contributed by atoms with van der Waals surface area (Å²) >= 11 is 0. The molecule has 156 valence electrons. The fraction of sp³-hybridized carbons (Fsp3) is 0.263. The Balaban J connectivity index is 1.36. The summed E-state index contributed by atoms with van der Waals surface area (Å²) in [5, 5.41) is 15.2. The van der Waals surface area contributed by atoms with Crippen molar-refractivity contribution in [3.8, 4) is 11.4 Å². The number of hydrogen-bond donors (Lipinski definition) is 0. The van der Waals surface area contributed by atoms with Gasteiger partial charge in [0, 0.05) is 43.9 Å². The van der Waals surface area contributed by atoms with Gasteiger partial charge in [-0.1, -0.05) is 18.2 Å². The molecule has 1 fully saturated rings. The van der Waals surface area contributed by atoms with Crippen molar-refractivity contribution in [2.75, 3.05) is 26.2 Å². The van der Waals surface area contributed by atoms with Crippen LogP contribution in [0.3, 0.4) is 0 Å². The monoisotopic (exact) mass is 428 g/mol. The molecule has 0 aliphatic carbocycles. The first-order chi connectivity index (χ1) is 14.4. The second-order valence-electron chi connectivity index (χ2n) is 6.89. The number of benzene rings is 2. The zero-order chi connectivity index (χ0) is 21.1. The Morgan fingerprint density at radius 2 is 1.63 bits per heavy atom. The number of rotatable bonds is 6. The largest absolute Gasteiger partial charge is 0.282 e. The summed E-state index contributed by atoms with van der Waals surface area (Å²) < 4.78 is 28.6. The highest BCUT2D eigenvalue weighted by Gasteiger charge is 2.28. The molecule has 0 atom stereocenters. The van der Waals surface area contributed by atoms with Gasteiger partial charge < -0.3 is 0 Å². The molecule has 0 saturated carbocycles. The zero-order valence-electron chi connectivity index (χ0n) is 16.0. The SMILES string of the molecule is O=[N+]([O-])c1ccc(-c2ncn(CN3CCN(S(=O)(=O)c4ccccc4)CC3)n2)cc1. The molecule has 0 unspecified atom stereocenters. The summed E-state index contributed by atoms with van der Waals surface area (Å²) in [7, 11) is -3.48. The molecule has 3 aromatic rings. The smallest absolute Gasteiger partial charge is 0.269 e.